The van der Waals surface area contributed by atoms with Crippen LogP contribution in [0.25, 0.3) is 11.0 Å². The number of rotatable bonds is 5. The molecule has 186 valence electrons. The molecule has 3 heterocycles. The second kappa shape index (κ2) is 10.3. The van der Waals surface area contributed by atoms with Gasteiger partial charge in [-0.25, -0.2) is 18.2 Å². The van der Waals surface area contributed by atoms with Crippen molar-refractivity contribution < 1.29 is 22.7 Å². The van der Waals surface area contributed by atoms with Crippen molar-refractivity contribution in [2.45, 2.75) is 43.4 Å². The molecular weight excluding hydrogens is 458 g/mol. The molecule has 0 aliphatic carbocycles. The van der Waals surface area contributed by atoms with Crippen molar-refractivity contribution in [2.24, 2.45) is 7.05 Å². The zero-order chi connectivity index (χ0) is 24.3. The average molecular weight is 492 g/mol. The molecule has 2 fully saturated rings. The Morgan fingerprint density at radius 1 is 0.971 bits per heavy atom. The van der Waals surface area contributed by atoms with E-state index in [0.29, 0.717) is 64.0 Å². The van der Waals surface area contributed by atoms with Gasteiger partial charge in [0.05, 0.1) is 23.0 Å². The van der Waals surface area contributed by atoms with E-state index in [1.165, 1.54) is 7.11 Å². The Hall–Kier alpha value is -2.66. The number of piperidine rings is 1. The van der Waals surface area contributed by atoms with Crippen LogP contribution in [0, 0.1) is 0 Å². The number of aromatic nitrogens is 2. The number of imidazole rings is 1. The average Bonchev–Trinajstić information content (AvgIpc) is 3.01. The predicted octanol–water partition coefficient (Wildman–Crippen LogP) is 1.98. The molecule has 1 aromatic carbocycles. The SMILES string of the molecule is COC(=O)N1CCCN(C(=O)CCc2nc3cc(S(=O)(=O)N4CCCCC4)ccc3n2C)CC1. The highest BCUT2D eigenvalue weighted by Crippen LogP contribution is 2.25. The largest absolute Gasteiger partial charge is 0.453 e. The molecule has 11 heteroatoms. The molecule has 0 radical (unpaired) electrons. The summed E-state index contributed by atoms with van der Waals surface area (Å²) in [5.41, 5.74) is 1.45. The van der Waals surface area contributed by atoms with Crippen LogP contribution < -0.4 is 0 Å². The Balaban J connectivity index is 1.43. The van der Waals surface area contributed by atoms with Crippen LogP contribution in [0.1, 0.15) is 37.9 Å². The molecule has 4 rings (SSSR count). The summed E-state index contributed by atoms with van der Waals surface area (Å²) in [6, 6.07) is 5.08. The third-order valence-electron chi connectivity index (χ3n) is 6.74. The summed E-state index contributed by atoms with van der Waals surface area (Å²) < 4.78 is 34.3. The first-order valence-electron chi connectivity index (χ1n) is 11.9. The fourth-order valence-electron chi connectivity index (χ4n) is 4.72. The summed E-state index contributed by atoms with van der Waals surface area (Å²) in [5, 5.41) is 0. The lowest BCUT2D eigenvalue weighted by molar-refractivity contribution is -0.131. The molecule has 34 heavy (non-hydrogen) atoms. The summed E-state index contributed by atoms with van der Waals surface area (Å²) in [6.07, 6.45) is 3.94. The van der Waals surface area contributed by atoms with E-state index in [1.807, 2.05) is 11.6 Å². The molecule has 0 bridgehead atoms. The molecule has 0 unspecified atom stereocenters. The Labute approximate surface area is 200 Å². The van der Waals surface area contributed by atoms with Crippen molar-refractivity contribution in [3.05, 3.63) is 24.0 Å². The molecule has 2 saturated heterocycles. The minimum Gasteiger partial charge on any atom is -0.453 e. The third kappa shape index (κ3) is 5.05. The van der Waals surface area contributed by atoms with Gasteiger partial charge in [0.2, 0.25) is 15.9 Å². The number of carbonyl (C=O) groups is 2. The first kappa shape index (κ1) is 24.5. The topological polar surface area (TPSA) is 105 Å². The van der Waals surface area contributed by atoms with E-state index < -0.39 is 10.0 Å². The van der Waals surface area contributed by atoms with Gasteiger partial charge in [0.1, 0.15) is 5.82 Å². The van der Waals surface area contributed by atoms with Crippen LogP contribution in [0.15, 0.2) is 23.1 Å². The number of nitrogens with zero attached hydrogens (tertiary/aromatic N) is 5. The number of methoxy groups -OCH3 is 1. The van der Waals surface area contributed by atoms with Crippen LogP contribution in [0.5, 0.6) is 0 Å². The van der Waals surface area contributed by atoms with Gasteiger partial charge in [0.15, 0.2) is 0 Å². The molecule has 2 aliphatic rings. The van der Waals surface area contributed by atoms with E-state index in [0.717, 1.165) is 30.6 Å². The monoisotopic (exact) mass is 491 g/mol. The Morgan fingerprint density at radius 2 is 1.68 bits per heavy atom. The maximum absolute atomic E-state index is 13.0. The molecule has 0 spiro atoms. The number of fused-ring (bicyclic) bond motifs is 1. The lowest BCUT2D eigenvalue weighted by atomic mass is 10.2. The predicted molar refractivity (Wildman–Crippen MR) is 127 cm³/mol. The van der Waals surface area contributed by atoms with Crippen molar-refractivity contribution in [1.29, 1.82) is 0 Å². The van der Waals surface area contributed by atoms with E-state index in [2.05, 4.69) is 4.98 Å². The van der Waals surface area contributed by atoms with Gasteiger partial charge in [-0.15, -0.1) is 0 Å². The molecule has 10 nitrogen and oxygen atoms in total. The zero-order valence-electron chi connectivity index (χ0n) is 19.9. The van der Waals surface area contributed by atoms with E-state index in [9.17, 15) is 18.0 Å². The fourth-order valence-corrected chi connectivity index (χ4v) is 6.26. The highest BCUT2D eigenvalue weighted by Gasteiger charge is 2.27. The molecule has 2 aromatic rings. The highest BCUT2D eigenvalue weighted by atomic mass is 32.2. The normalized spacial score (nSPS) is 18.2. The first-order chi connectivity index (χ1) is 16.3. The second-order valence-corrected chi connectivity index (χ2v) is 10.8. The minimum atomic E-state index is -3.53. The lowest BCUT2D eigenvalue weighted by Gasteiger charge is -2.25. The van der Waals surface area contributed by atoms with Crippen LogP contribution in [-0.4, -0.2) is 90.5 Å². The van der Waals surface area contributed by atoms with Crippen molar-refractivity contribution in [1.82, 2.24) is 23.7 Å². The smallest absolute Gasteiger partial charge is 0.409 e. The Kier molecular flexibility index (Phi) is 7.42. The number of benzene rings is 1. The molecular formula is C23H33N5O5S. The van der Waals surface area contributed by atoms with E-state index in [-0.39, 0.29) is 16.9 Å². The number of aryl methyl sites for hydroxylation is 2. The Morgan fingerprint density at radius 3 is 2.41 bits per heavy atom. The quantitative estimate of drug-likeness (QED) is 0.633. The van der Waals surface area contributed by atoms with Gasteiger partial charge in [-0.3, -0.25) is 4.79 Å². The number of ether oxygens (including phenoxy) is 1. The second-order valence-electron chi connectivity index (χ2n) is 8.89. The van der Waals surface area contributed by atoms with Gasteiger partial charge in [-0.05, 0) is 37.5 Å². The fraction of sp³-hybridized carbons (Fsp3) is 0.609. The summed E-state index contributed by atoms with van der Waals surface area (Å²) >= 11 is 0. The van der Waals surface area contributed by atoms with Gasteiger partial charge in [0.25, 0.3) is 0 Å². The van der Waals surface area contributed by atoms with Gasteiger partial charge in [0, 0.05) is 59.2 Å². The van der Waals surface area contributed by atoms with Crippen LogP contribution in [0.2, 0.25) is 0 Å². The minimum absolute atomic E-state index is 0.0205. The van der Waals surface area contributed by atoms with Crippen LogP contribution >= 0.6 is 0 Å². The van der Waals surface area contributed by atoms with E-state index in [4.69, 9.17) is 4.74 Å². The van der Waals surface area contributed by atoms with Gasteiger partial charge in [-0.1, -0.05) is 6.42 Å². The number of carbonyl (C=O) groups excluding carboxylic acids is 2. The van der Waals surface area contributed by atoms with Gasteiger partial charge in [-0.2, -0.15) is 4.31 Å². The molecule has 0 N–H and O–H groups in total. The number of amides is 2. The summed E-state index contributed by atoms with van der Waals surface area (Å²) in [7, 11) is -0.284. The first-order valence-corrected chi connectivity index (χ1v) is 13.3. The summed E-state index contributed by atoms with van der Waals surface area (Å²) in [5.74, 6) is 0.758. The maximum Gasteiger partial charge on any atom is 0.409 e. The van der Waals surface area contributed by atoms with Crippen molar-refractivity contribution in [3.8, 4) is 0 Å². The maximum atomic E-state index is 13.0. The van der Waals surface area contributed by atoms with E-state index >= 15 is 0 Å². The number of hydrogen-bond acceptors (Lipinski definition) is 6. The highest BCUT2D eigenvalue weighted by molar-refractivity contribution is 7.89. The molecule has 0 atom stereocenters. The standard InChI is InChI=1S/C23H33N5O5S/c1-25-20-8-7-18(34(31,32)28-13-4-3-5-14-28)17-19(20)24-21(25)9-10-22(29)26-11-6-12-27(16-15-26)23(30)33-2/h7-8,17H,3-6,9-16H2,1-2H3. The third-order valence-corrected chi connectivity index (χ3v) is 8.64. The van der Waals surface area contributed by atoms with Crippen LogP contribution in [0.3, 0.4) is 0 Å². The van der Waals surface area contributed by atoms with Crippen molar-refractivity contribution in [3.63, 3.8) is 0 Å². The molecule has 0 saturated carbocycles. The summed E-state index contributed by atoms with van der Waals surface area (Å²) in [6.45, 7) is 3.23. The Bertz CT molecular complexity index is 1160. The zero-order valence-corrected chi connectivity index (χ0v) is 20.7. The van der Waals surface area contributed by atoms with Crippen LogP contribution in [-0.2, 0) is 33.0 Å². The molecule has 2 aliphatic heterocycles. The van der Waals surface area contributed by atoms with Gasteiger partial charge < -0.3 is 19.1 Å². The summed E-state index contributed by atoms with van der Waals surface area (Å²) in [4.78, 5) is 32.9. The van der Waals surface area contributed by atoms with E-state index in [1.54, 1.807) is 32.3 Å². The number of hydrogen-bond donors (Lipinski definition) is 0. The molecule has 2 amide bonds. The number of sulfonamides is 1. The lowest BCUT2D eigenvalue weighted by Crippen LogP contribution is -2.37. The van der Waals surface area contributed by atoms with Crippen molar-refractivity contribution >= 4 is 33.1 Å². The van der Waals surface area contributed by atoms with Gasteiger partial charge >= 0.3 is 6.09 Å². The van der Waals surface area contributed by atoms with Crippen LogP contribution in [0.4, 0.5) is 4.79 Å². The molecule has 1 aromatic heterocycles. The van der Waals surface area contributed by atoms with Crippen molar-refractivity contribution in [2.75, 3.05) is 46.4 Å².